The van der Waals surface area contributed by atoms with E-state index in [4.69, 9.17) is 0 Å². The molecular formula is C25H28N2O4S2. The molecule has 1 aromatic carbocycles. The molecular weight excluding hydrogens is 456 g/mol. The fourth-order valence-electron chi connectivity index (χ4n) is 4.04. The van der Waals surface area contributed by atoms with E-state index in [2.05, 4.69) is 47.0 Å². The maximum atomic E-state index is 13.0. The highest BCUT2D eigenvalue weighted by atomic mass is 32.2. The van der Waals surface area contributed by atoms with Crippen LogP contribution in [0.25, 0.3) is 6.08 Å². The largest absolute Gasteiger partial charge is 0.480 e. The van der Waals surface area contributed by atoms with Crippen LogP contribution in [0.3, 0.4) is 0 Å². The number of hydrogen-bond donors (Lipinski definition) is 3. The molecule has 33 heavy (non-hydrogen) atoms. The molecule has 2 heterocycles. The Morgan fingerprint density at radius 2 is 1.97 bits per heavy atom. The molecule has 1 unspecified atom stereocenters. The average molecular weight is 485 g/mol. The van der Waals surface area contributed by atoms with Gasteiger partial charge >= 0.3 is 5.97 Å². The molecule has 0 spiro atoms. The number of nitrogens with one attached hydrogen (secondary N) is 2. The van der Waals surface area contributed by atoms with E-state index in [0.717, 1.165) is 41.0 Å². The lowest BCUT2D eigenvalue weighted by Gasteiger charge is -2.17. The molecule has 8 heteroatoms. The maximum absolute atomic E-state index is 13.0. The average Bonchev–Trinajstić information content (AvgIpc) is 3.40. The summed E-state index contributed by atoms with van der Waals surface area (Å²) in [5.74, 6) is -0.833. The molecule has 174 valence electrons. The zero-order chi connectivity index (χ0) is 23.6. The molecule has 0 fully saturated rings. The number of fused-ring (bicyclic) bond motifs is 1. The van der Waals surface area contributed by atoms with Gasteiger partial charge in [0.05, 0.1) is 0 Å². The smallest absolute Gasteiger partial charge is 0.322 e. The van der Waals surface area contributed by atoms with Crippen LogP contribution in [0.5, 0.6) is 0 Å². The lowest BCUT2D eigenvalue weighted by atomic mass is 9.91. The zero-order valence-corrected chi connectivity index (χ0v) is 20.3. The molecule has 0 saturated carbocycles. The molecule has 0 radical (unpaired) electrons. The van der Waals surface area contributed by atoms with Gasteiger partial charge in [-0.1, -0.05) is 42.8 Å². The fourth-order valence-corrected chi connectivity index (χ4v) is 6.60. The van der Waals surface area contributed by atoms with E-state index in [9.17, 15) is 18.3 Å². The number of rotatable bonds is 9. The Balaban J connectivity index is 1.44. The predicted octanol–water partition coefficient (Wildman–Crippen LogP) is 4.35. The lowest BCUT2D eigenvalue weighted by Crippen LogP contribution is -2.42. The highest BCUT2D eigenvalue weighted by Gasteiger charge is 2.28. The third-order valence-electron chi connectivity index (χ3n) is 5.93. The van der Waals surface area contributed by atoms with Gasteiger partial charge in [-0.05, 0) is 67.0 Å². The summed E-state index contributed by atoms with van der Waals surface area (Å²) in [5.41, 5.74) is 5.26. The zero-order valence-electron chi connectivity index (χ0n) is 18.7. The molecule has 3 N–H and O–H groups in total. The molecule has 2 aromatic heterocycles. The number of carboxylic acid groups (broad SMARTS) is 1. The van der Waals surface area contributed by atoms with Crippen molar-refractivity contribution >= 4 is 33.4 Å². The first-order valence-corrected chi connectivity index (χ1v) is 13.3. The van der Waals surface area contributed by atoms with Crippen molar-refractivity contribution in [1.29, 1.82) is 0 Å². The predicted molar refractivity (Wildman–Crippen MR) is 131 cm³/mol. The van der Waals surface area contributed by atoms with E-state index in [0.29, 0.717) is 5.92 Å². The summed E-state index contributed by atoms with van der Waals surface area (Å²) >= 11 is 1.19. The van der Waals surface area contributed by atoms with Gasteiger partial charge < -0.3 is 10.1 Å². The van der Waals surface area contributed by atoms with Crippen LogP contribution in [0, 0.1) is 12.8 Å². The number of aliphatic carboxylic acids is 1. The Bertz CT molecular complexity index is 1270. The highest BCUT2D eigenvalue weighted by Crippen LogP contribution is 2.27. The molecule has 0 aliphatic heterocycles. The van der Waals surface area contributed by atoms with Gasteiger partial charge in [0.2, 0.25) is 0 Å². The first kappa shape index (κ1) is 23.5. The number of aryl methyl sites for hydroxylation is 3. The summed E-state index contributed by atoms with van der Waals surface area (Å²) in [6, 6.07) is 10.4. The van der Waals surface area contributed by atoms with Gasteiger partial charge in [0.25, 0.3) is 10.0 Å². The van der Waals surface area contributed by atoms with Crippen LogP contribution in [-0.2, 0) is 40.5 Å². The molecule has 6 nitrogen and oxygen atoms in total. The van der Waals surface area contributed by atoms with E-state index >= 15 is 0 Å². The summed E-state index contributed by atoms with van der Waals surface area (Å²) in [6.07, 6.45) is 8.32. The third kappa shape index (κ3) is 5.63. The van der Waals surface area contributed by atoms with E-state index in [1.54, 1.807) is 18.3 Å². The van der Waals surface area contributed by atoms with Crippen molar-refractivity contribution in [3.8, 4) is 0 Å². The summed E-state index contributed by atoms with van der Waals surface area (Å²) < 4.78 is 28.5. The number of hydrogen-bond acceptors (Lipinski definition) is 4. The molecule has 0 saturated heterocycles. The van der Waals surface area contributed by atoms with Crippen LogP contribution in [0.2, 0.25) is 0 Å². The minimum atomic E-state index is -3.94. The minimum Gasteiger partial charge on any atom is -0.480 e. The van der Waals surface area contributed by atoms with Crippen LogP contribution in [0.15, 0.2) is 52.9 Å². The SMILES string of the molecule is Cc1ccc(CCc2ccc(S(=O)(=O)N[C@H](Cc3c[nH]c4c3CC(C)C=C4)C(=O)O)s2)cc1. The number of carbonyl (C=O) groups is 1. The Kier molecular flexibility index (Phi) is 6.88. The van der Waals surface area contributed by atoms with E-state index in [1.807, 2.05) is 13.0 Å². The van der Waals surface area contributed by atoms with Crippen molar-refractivity contribution in [2.24, 2.45) is 5.92 Å². The minimum absolute atomic E-state index is 0.0899. The molecule has 0 bridgehead atoms. The van der Waals surface area contributed by atoms with Crippen LogP contribution in [0.1, 0.15) is 39.7 Å². The van der Waals surface area contributed by atoms with Gasteiger partial charge in [0, 0.05) is 23.2 Å². The van der Waals surface area contributed by atoms with Gasteiger partial charge in [-0.2, -0.15) is 4.72 Å². The highest BCUT2D eigenvalue weighted by molar-refractivity contribution is 7.91. The van der Waals surface area contributed by atoms with Crippen molar-refractivity contribution in [3.63, 3.8) is 0 Å². The van der Waals surface area contributed by atoms with Crippen molar-refractivity contribution in [3.05, 3.63) is 81.5 Å². The Morgan fingerprint density at radius 1 is 1.21 bits per heavy atom. The van der Waals surface area contributed by atoms with Crippen LogP contribution in [0.4, 0.5) is 0 Å². The van der Waals surface area contributed by atoms with Gasteiger partial charge in [-0.25, -0.2) is 8.42 Å². The second kappa shape index (κ2) is 9.67. The molecule has 1 aliphatic rings. The molecule has 1 aliphatic carbocycles. The van der Waals surface area contributed by atoms with Gasteiger partial charge in [0.15, 0.2) is 0 Å². The summed E-state index contributed by atoms with van der Waals surface area (Å²) in [5, 5.41) is 9.73. The number of benzene rings is 1. The third-order valence-corrected chi connectivity index (χ3v) is 9.04. The monoisotopic (exact) mass is 484 g/mol. The molecule has 4 rings (SSSR count). The lowest BCUT2D eigenvalue weighted by molar-refractivity contribution is -0.138. The number of sulfonamides is 1. The molecule has 2 atom stereocenters. The van der Waals surface area contributed by atoms with Crippen molar-refractivity contribution in [2.75, 3.05) is 0 Å². The number of H-pyrrole nitrogens is 1. The molecule has 0 amide bonds. The number of aromatic amines is 1. The van der Waals surface area contributed by atoms with E-state index in [1.165, 1.54) is 22.5 Å². The van der Waals surface area contributed by atoms with E-state index < -0.39 is 22.0 Å². The fraction of sp³-hybridized carbons (Fsp3) is 0.320. The van der Waals surface area contributed by atoms with Gasteiger partial charge in [0.1, 0.15) is 10.3 Å². The van der Waals surface area contributed by atoms with Crippen LogP contribution >= 0.6 is 11.3 Å². The van der Waals surface area contributed by atoms with Gasteiger partial charge in [-0.3, -0.25) is 4.79 Å². The summed E-state index contributed by atoms with van der Waals surface area (Å²) in [7, 11) is -3.94. The second-order valence-electron chi connectivity index (χ2n) is 8.67. The standard InChI is InChI=1S/C25H28N2O4S2/c1-16-3-6-18(7-4-16)8-9-20-10-12-24(32-20)33(30,31)27-23(25(28)29)14-19-15-26-22-11-5-17(2)13-21(19)22/h3-7,10-12,15,17,23,26-27H,8-9,13-14H2,1-2H3,(H,28,29)/t17?,23-/m1/s1. The first-order valence-electron chi connectivity index (χ1n) is 11.0. The Labute approximate surface area is 198 Å². The van der Waals surface area contributed by atoms with Crippen LogP contribution in [-0.4, -0.2) is 30.5 Å². The number of aromatic nitrogens is 1. The normalized spacial score (nSPS) is 16.5. The summed E-state index contributed by atoms with van der Waals surface area (Å²) in [6.45, 7) is 4.14. The Hall–Kier alpha value is -2.68. The second-order valence-corrected chi connectivity index (χ2v) is 11.8. The van der Waals surface area contributed by atoms with E-state index in [-0.39, 0.29) is 10.6 Å². The number of carboxylic acids is 1. The van der Waals surface area contributed by atoms with Gasteiger partial charge in [-0.15, -0.1) is 11.3 Å². The van der Waals surface area contributed by atoms with Crippen molar-refractivity contribution in [1.82, 2.24) is 9.71 Å². The van der Waals surface area contributed by atoms with Crippen molar-refractivity contribution < 1.29 is 18.3 Å². The van der Waals surface area contributed by atoms with Crippen molar-refractivity contribution in [2.45, 2.75) is 49.8 Å². The molecule has 3 aromatic rings. The first-order chi connectivity index (χ1) is 15.7. The summed E-state index contributed by atoms with van der Waals surface area (Å²) in [4.78, 5) is 16.0. The maximum Gasteiger partial charge on any atom is 0.322 e. The number of allylic oxidation sites excluding steroid dienone is 1. The quantitative estimate of drug-likeness (QED) is 0.420. The number of thiophene rings is 1. The van der Waals surface area contributed by atoms with Crippen LogP contribution < -0.4 is 4.72 Å². The topological polar surface area (TPSA) is 99.3 Å². The Morgan fingerprint density at radius 3 is 2.70 bits per heavy atom.